The first-order chi connectivity index (χ1) is 8.08. The lowest BCUT2D eigenvalue weighted by molar-refractivity contribution is -0.384. The van der Waals surface area contributed by atoms with Crippen LogP contribution in [0.4, 0.5) is 5.69 Å². The molecule has 1 N–H and O–H groups in total. The number of nitro groups is 1. The van der Waals surface area contributed by atoms with Crippen molar-refractivity contribution in [2.75, 3.05) is 13.6 Å². The number of hydroxylamine groups is 2. The monoisotopic (exact) mass is 237 g/mol. The van der Waals surface area contributed by atoms with Gasteiger partial charge in [-0.3, -0.25) is 20.3 Å². The number of rotatable bonds is 2. The topological polar surface area (TPSA) is 67.6 Å². The summed E-state index contributed by atoms with van der Waals surface area (Å²) in [5, 5.41) is 15.6. The zero-order chi connectivity index (χ0) is 12.4. The van der Waals surface area contributed by atoms with E-state index in [1.54, 1.807) is 17.2 Å². The van der Waals surface area contributed by atoms with Crippen LogP contribution in [-0.4, -0.2) is 29.6 Å². The molecule has 6 heteroatoms. The van der Waals surface area contributed by atoms with Crippen LogP contribution >= 0.6 is 0 Å². The van der Waals surface area contributed by atoms with Gasteiger partial charge in [0.1, 0.15) is 0 Å². The van der Waals surface area contributed by atoms with Gasteiger partial charge in [0.15, 0.2) is 6.23 Å². The lowest BCUT2D eigenvalue weighted by Gasteiger charge is -2.35. The predicted molar refractivity (Wildman–Crippen MR) is 62.2 cm³/mol. The minimum Gasteiger partial charge on any atom is -0.285 e. The van der Waals surface area contributed by atoms with Gasteiger partial charge < -0.3 is 0 Å². The van der Waals surface area contributed by atoms with Gasteiger partial charge in [-0.2, -0.15) is 5.06 Å². The van der Waals surface area contributed by atoms with Crippen molar-refractivity contribution >= 4 is 5.69 Å². The van der Waals surface area contributed by atoms with Crippen molar-refractivity contribution in [3.8, 4) is 0 Å². The molecular weight excluding hydrogens is 222 g/mol. The maximum absolute atomic E-state index is 10.5. The number of nitro benzene ring substituents is 1. The molecule has 1 aliphatic rings. The maximum atomic E-state index is 10.5. The van der Waals surface area contributed by atoms with Crippen LogP contribution < -0.4 is 5.32 Å². The summed E-state index contributed by atoms with van der Waals surface area (Å²) in [6.07, 6.45) is -0.239. The molecular formula is C11H15N3O3. The van der Waals surface area contributed by atoms with Gasteiger partial charge in [-0.15, -0.1) is 0 Å². The lowest BCUT2D eigenvalue weighted by Crippen LogP contribution is -2.47. The first-order valence-corrected chi connectivity index (χ1v) is 5.45. The molecule has 0 aromatic heterocycles. The van der Waals surface area contributed by atoms with E-state index >= 15 is 0 Å². The Morgan fingerprint density at radius 2 is 2.12 bits per heavy atom. The Kier molecular flexibility index (Phi) is 3.37. The molecule has 92 valence electrons. The summed E-state index contributed by atoms with van der Waals surface area (Å²) >= 11 is 0. The van der Waals surface area contributed by atoms with Crippen LogP contribution in [0, 0.1) is 10.1 Å². The Morgan fingerprint density at radius 3 is 2.65 bits per heavy atom. The number of nitrogens with one attached hydrogen (secondary N) is 1. The Hall–Kier alpha value is -1.50. The fraction of sp³-hybridized carbons (Fsp3) is 0.455. The Bertz CT molecular complexity index is 407. The van der Waals surface area contributed by atoms with Crippen molar-refractivity contribution in [1.29, 1.82) is 0 Å². The highest BCUT2D eigenvalue weighted by atomic mass is 16.7. The van der Waals surface area contributed by atoms with Crippen LogP contribution in [0.1, 0.15) is 18.7 Å². The number of likely N-dealkylation sites (N-methyl/N-ethyl adjacent to an activating group) is 1. The number of non-ortho nitro benzene ring substituents is 1. The Labute approximate surface area is 99.3 Å². The molecule has 17 heavy (non-hydrogen) atoms. The molecule has 6 nitrogen and oxygen atoms in total. The average molecular weight is 237 g/mol. The fourth-order valence-electron chi connectivity index (χ4n) is 1.66. The van der Waals surface area contributed by atoms with Crippen molar-refractivity contribution in [1.82, 2.24) is 10.4 Å². The normalized spacial score (nSPS) is 25.8. The molecule has 0 bridgehead atoms. The smallest absolute Gasteiger partial charge is 0.269 e. The van der Waals surface area contributed by atoms with Gasteiger partial charge in [0.2, 0.25) is 0 Å². The molecule has 1 heterocycles. The van der Waals surface area contributed by atoms with Crippen molar-refractivity contribution in [2.45, 2.75) is 19.2 Å². The summed E-state index contributed by atoms with van der Waals surface area (Å²) in [5.41, 5.74) is 0.973. The van der Waals surface area contributed by atoms with E-state index in [0.717, 1.165) is 12.1 Å². The average Bonchev–Trinajstić information content (AvgIpc) is 2.33. The zero-order valence-electron chi connectivity index (χ0n) is 9.79. The minimum absolute atomic E-state index is 0.0892. The zero-order valence-corrected chi connectivity index (χ0v) is 9.79. The second kappa shape index (κ2) is 4.79. The standard InChI is InChI=1S/C11H15N3O3/c1-8-7-12-11(17-13(8)2)9-3-5-10(6-4-9)14(15)16/h3-6,8,11-12H,7H2,1-2H3/t8-,11-/m1/s1. The quantitative estimate of drug-likeness (QED) is 0.622. The maximum Gasteiger partial charge on any atom is 0.269 e. The first kappa shape index (κ1) is 12.0. The molecule has 1 aromatic rings. The molecule has 1 aliphatic heterocycles. The van der Waals surface area contributed by atoms with Gasteiger partial charge in [0.05, 0.1) is 4.92 Å². The summed E-state index contributed by atoms with van der Waals surface area (Å²) in [6, 6.07) is 6.69. The van der Waals surface area contributed by atoms with E-state index < -0.39 is 4.92 Å². The van der Waals surface area contributed by atoms with E-state index in [9.17, 15) is 10.1 Å². The van der Waals surface area contributed by atoms with E-state index in [2.05, 4.69) is 12.2 Å². The van der Waals surface area contributed by atoms with Gasteiger partial charge in [-0.1, -0.05) is 0 Å². The van der Waals surface area contributed by atoms with Crippen LogP contribution in [0.3, 0.4) is 0 Å². The Balaban J connectivity index is 2.10. The van der Waals surface area contributed by atoms with Crippen LogP contribution in [0.25, 0.3) is 0 Å². The van der Waals surface area contributed by atoms with Crippen LogP contribution in [0.15, 0.2) is 24.3 Å². The van der Waals surface area contributed by atoms with Crippen molar-refractivity contribution in [3.05, 3.63) is 39.9 Å². The van der Waals surface area contributed by atoms with E-state index in [1.165, 1.54) is 12.1 Å². The molecule has 0 aliphatic carbocycles. The highest BCUT2D eigenvalue weighted by Gasteiger charge is 2.24. The van der Waals surface area contributed by atoms with Crippen molar-refractivity contribution in [3.63, 3.8) is 0 Å². The first-order valence-electron chi connectivity index (χ1n) is 5.45. The van der Waals surface area contributed by atoms with Crippen LogP contribution in [0.5, 0.6) is 0 Å². The number of benzene rings is 1. The third kappa shape index (κ3) is 2.60. The number of hydrogen-bond donors (Lipinski definition) is 1. The minimum atomic E-state index is -0.410. The van der Waals surface area contributed by atoms with Crippen molar-refractivity contribution < 1.29 is 9.76 Å². The number of hydrogen-bond acceptors (Lipinski definition) is 5. The largest absolute Gasteiger partial charge is 0.285 e. The molecule has 2 rings (SSSR count). The van der Waals surface area contributed by atoms with Crippen LogP contribution in [0.2, 0.25) is 0 Å². The van der Waals surface area contributed by atoms with Gasteiger partial charge >= 0.3 is 0 Å². The second-order valence-corrected chi connectivity index (χ2v) is 4.14. The summed E-state index contributed by atoms with van der Waals surface area (Å²) in [6.45, 7) is 2.87. The molecule has 2 atom stereocenters. The molecule has 0 saturated carbocycles. The summed E-state index contributed by atoms with van der Waals surface area (Å²) in [5.74, 6) is 0. The third-order valence-corrected chi connectivity index (χ3v) is 2.90. The SMILES string of the molecule is C[C@@H]1CN[C@@H](c2ccc([N+](=O)[O-])cc2)ON1C. The third-order valence-electron chi connectivity index (χ3n) is 2.90. The molecule has 1 saturated heterocycles. The molecule has 0 amide bonds. The van der Waals surface area contributed by atoms with E-state index in [0.29, 0.717) is 6.04 Å². The summed E-state index contributed by atoms with van der Waals surface area (Å²) < 4.78 is 0. The highest BCUT2D eigenvalue weighted by molar-refractivity contribution is 5.33. The van der Waals surface area contributed by atoms with Gasteiger partial charge in [0, 0.05) is 31.8 Å². The molecule has 0 radical (unpaired) electrons. The van der Waals surface area contributed by atoms with Gasteiger partial charge in [0.25, 0.3) is 5.69 Å². The van der Waals surface area contributed by atoms with Crippen LogP contribution in [-0.2, 0) is 4.84 Å². The number of nitrogens with zero attached hydrogens (tertiary/aromatic N) is 2. The fourth-order valence-corrected chi connectivity index (χ4v) is 1.66. The molecule has 0 unspecified atom stereocenters. The summed E-state index contributed by atoms with van der Waals surface area (Å²) in [7, 11) is 1.88. The second-order valence-electron chi connectivity index (χ2n) is 4.14. The lowest BCUT2D eigenvalue weighted by atomic mass is 10.1. The van der Waals surface area contributed by atoms with Crippen molar-refractivity contribution in [2.24, 2.45) is 0 Å². The highest BCUT2D eigenvalue weighted by Crippen LogP contribution is 2.22. The summed E-state index contributed by atoms with van der Waals surface area (Å²) in [4.78, 5) is 15.8. The molecule has 1 aromatic carbocycles. The molecule has 1 fully saturated rings. The van der Waals surface area contributed by atoms with E-state index in [4.69, 9.17) is 4.84 Å². The van der Waals surface area contributed by atoms with E-state index in [-0.39, 0.29) is 11.9 Å². The van der Waals surface area contributed by atoms with Gasteiger partial charge in [-0.05, 0) is 24.6 Å². The van der Waals surface area contributed by atoms with E-state index in [1.807, 2.05) is 7.05 Å². The predicted octanol–water partition coefficient (Wildman–Crippen LogP) is 1.45. The molecule has 0 spiro atoms. The Morgan fingerprint density at radius 1 is 1.47 bits per heavy atom. The van der Waals surface area contributed by atoms with Gasteiger partial charge in [-0.25, -0.2) is 0 Å².